The molecule has 2 fully saturated rings. The largest absolute Gasteiger partial charge is 0.316 e. The van der Waals surface area contributed by atoms with Gasteiger partial charge in [-0.15, -0.1) is 0 Å². The number of nitrogens with one attached hydrogen (secondary N) is 1. The summed E-state index contributed by atoms with van der Waals surface area (Å²) in [5, 5.41) is 3.53. The number of rotatable bonds is 2. The second kappa shape index (κ2) is 4.43. The quantitative estimate of drug-likeness (QED) is 0.695. The van der Waals surface area contributed by atoms with Gasteiger partial charge in [-0.3, -0.25) is 0 Å². The molecule has 2 heterocycles. The normalized spacial score (nSPS) is 36.7. The van der Waals surface area contributed by atoms with Crippen molar-refractivity contribution >= 4 is 0 Å². The third-order valence-corrected chi connectivity index (χ3v) is 3.70. The van der Waals surface area contributed by atoms with Crippen molar-refractivity contribution in [2.45, 2.75) is 38.6 Å². The lowest BCUT2D eigenvalue weighted by molar-refractivity contribution is 0.172. The maximum absolute atomic E-state index is 3.53. The summed E-state index contributed by atoms with van der Waals surface area (Å²) in [4.78, 5) is 2.68. The molecular weight excluding hydrogens is 160 g/mol. The zero-order valence-electron chi connectivity index (χ0n) is 8.76. The maximum atomic E-state index is 3.53. The molecule has 0 aromatic carbocycles. The number of piperidine rings is 1. The van der Waals surface area contributed by atoms with E-state index in [2.05, 4.69) is 17.1 Å². The Hall–Kier alpha value is -0.0800. The molecule has 2 saturated heterocycles. The van der Waals surface area contributed by atoms with Crippen LogP contribution in [0.4, 0.5) is 0 Å². The van der Waals surface area contributed by atoms with Crippen LogP contribution in [-0.2, 0) is 0 Å². The molecule has 2 aliphatic rings. The van der Waals surface area contributed by atoms with Crippen LogP contribution in [0.5, 0.6) is 0 Å². The minimum Gasteiger partial charge on any atom is -0.316 e. The Morgan fingerprint density at radius 3 is 2.92 bits per heavy atom. The zero-order chi connectivity index (χ0) is 9.10. The van der Waals surface area contributed by atoms with E-state index in [-0.39, 0.29) is 0 Å². The molecule has 2 atom stereocenters. The van der Waals surface area contributed by atoms with E-state index in [1.54, 1.807) is 0 Å². The van der Waals surface area contributed by atoms with Gasteiger partial charge in [0.25, 0.3) is 0 Å². The molecule has 2 aliphatic heterocycles. The molecule has 0 saturated carbocycles. The van der Waals surface area contributed by atoms with Crippen LogP contribution in [0.25, 0.3) is 0 Å². The minimum absolute atomic E-state index is 0.901. The third kappa shape index (κ3) is 2.05. The van der Waals surface area contributed by atoms with Gasteiger partial charge in [0, 0.05) is 6.04 Å². The minimum atomic E-state index is 0.901. The predicted octanol–water partition coefficient (Wildman–Crippen LogP) is 1.47. The zero-order valence-corrected chi connectivity index (χ0v) is 8.76. The van der Waals surface area contributed by atoms with E-state index in [9.17, 15) is 0 Å². The van der Waals surface area contributed by atoms with Gasteiger partial charge in [0.1, 0.15) is 0 Å². The summed E-state index contributed by atoms with van der Waals surface area (Å²) in [6.45, 7) is 7.41. The van der Waals surface area contributed by atoms with Crippen molar-refractivity contribution in [1.29, 1.82) is 0 Å². The molecule has 2 nitrogen and oxygen atoms in total. The average molecular weight is 182 g/mol. The van der Waals surface area contributed by atoms with Gasteiger partial charge >= 0.3 is 0 Å². The summed E-state index contributed by atoms with van der Waals surface area (Å²) in [5.41, 5.74) is 0. The highest BCUT2D eigenvalue weighted by molar-refractivity contribution is 4.87. The van der Waals surface area contributed by atoms with E-state index in [1.807, 2.05) is 0 Å². The topological polar surface area (TPSA) is 15.3 Å². The average Bonchev–Trinajstić information content (AvgIpc) is 2.67. The Kier molecular flexibility index (Phi) is 3.23. The molecule has 0 spiro atoms. The Labute approximate surface area is 81.7 Å². The number of likely N-dealkylation sites (tertiary alicyclic amines) is 1. The molecule has 0 aliphatic carbocycles. The lowest BCUT2D eigenvalue weighted by Crippen LogP contribution is -2.43. The molecule has 13 heavy (non-hydrogen) atoms. The summed E-state index contributed by atoms with van der Waals surface area (Å²) < 4.78 is 0. The Balaban J connectivity index is 1.90. The predicted molar refractivity (Wildman–Crippen MR) is 55.9 cm³/mol. The summed E-state index contributed by atoms with van der Waals surface area (Å²) in [6.07, 6.45) is 5.71. The highest BCUT2D eigenvalue weighted by Crippen LogP contribution is 2.27. The fourth-order valence-electron chi connectivity index (χ4n) is 2.99. The molecule has 76 valence electrons. The van der Waals surface area contributed by atoms with Crippen LogP contribution in [0.2, 0.25) is 0 Å². The van der Waals surface area contributed by atoms with Gasteiger partial charge in [0.15, 0.2) is 0 Å². The molecule has 2 unspecified atom stereocenters. The molecule has 0 bridgehead atoms. The highest BCUT2D eigenvalue weighted by Gasteiger charge is 2.30. The molecular formula is C11H22N2. The standard InChI is InChI=1S/C11H22N2/c1-2-13-8-4-6-11(13)10-5-3-7-12-9-10/h10-12H,2-9H2,1H3. The number of nitrogens with zero attached hydrogens (tertiary/aromatic N) is 1. The molecule has 2 heteroatoms. The van der Waals surface area contributed by atoms with Gasteiger partial charge in [-0.2, -0.15) is 0 Å². The fourth-order valence-corrected chi connectivity index (χ4v) is 2.99. The van der Waals surface area contributed by atoms with E-state index in [4.69, 9.17) is 0 Å². The molecule has 2 rings (SSSR count). The van der Waals surface area contributed by atoms with Gasteiger partial charge in [-0.05, 0) is 57.8 Å². The highest BCUT2D eigenvalue weighted by atomic mass is 15.2. The lowest BCUT2D eigenvalue weighted by atomic mass is 9.90. The molecule has 1 N–H and O–H groups in total. The Morgan fingerprint density at radius 2 is 2.23 bits per heavy atom. The van der Waals surface area contributed by atoms with Crippen LogP contribution in [-0.4, -0.2) is 37.1 Å². The molecule has 0 amide bonds. The van der Waals surface area contributed by atoms with Crippen molar-refractivity contribution in [2.75, 3.05) is 26.2 Å². The second-order valence-electron chi connectivity index (χ2n) is 4.44. The van der Waals surface area contributed by atoms with Crippen LogP contribution in [0, 0.1) is 5.92 Å². The van der Waals surface area contributed by atoms with E-state index in [0.29, 0.717) is 0 Å². The van der Waals surface area contributed by atoms with E-state index >= 15 is 0 Å². The number of hydrogen-bond donors (Lipinski definition) is 1. The van der Waals surface area contributed by atoms with Gasteiger partial charge in [-0.25, -0.2) is 0 Å². The van der Waals surface area contributed by atoms with Gasteiger partial charge in [0.2, 0.25) is 0 Å². The first-order chi connectivity index (χ1) is 6.42. The van der Waals surface area contributed by atoms with Crippen molar-refractivity contribution in [1.82, 2.24) is 10.2 Å². The van der Waals surface area contributed by atoms with Crippen molar-refractivity contribution in [3.63, 3.8) is 0 Å². The van der Waals surface area contributed by atoms with E-state index in [1.165, 1.54) is 51.9 Å². The van der Waals surface area contributed by atoms with Gasteiger partial charge in [-0.1, -0.05) is 6.92 Å². The Bertz CT molecular complexity index is 152. The summed E-state index contributed by atoms with van der Waals surface area (Å²) in [7, 11) is 0. The van der Waals surface area contributed by atoms with E-state index in [0.717, 1.165) is 12.0 Å². The van der Waals surface area contributed by atoms with Crippen LogP contribution in [0.15, 0.2) is 0 Å². The molecule has 0 radical (unpaired) electrons. The Morgan fingerprint density at radius 1 is 1.31 bits per heavy atom. The second-order valence-corrected chi connectivity index (χ2v) is 4.44. The van der Waals surface area contributed by atoms with Crippen LogP contribution < -0.4 is 5.32 Å². The van der Waals surface area contributed by atoms with Crippen LogP contribution in [0.1, 0.15) is 32.6 Å². The molecule has 0 aromatic heterocycles. The van der Waals surface area contributed by atoms with Crippen LogP contribution >= 0.6 is 0 Å². The van der Waals surface area contributed by atoms with E-state index < -0.39 is 0 Å². The van der Waals surface area contributed by atoms with Crippen molar-refractivity contribution < 1.29 is 0 Å². The van der Waals surface area contributed by atoms with Crippen molar-refractivity contribution in [3.05, 3.63) is 0 Å². The maximum Gasteiger partial charge on any atom is 0.0136 e. The lowest BCUT2D eigenvalue weighted by Gasteiger charge is -2.33. The first kappa shape index (κ1) is 9.47. The fraction of sp³-hybridized carbons (Fsp3) is 1.00. The summed E-state index contributed by atoms with van der Waals surface area (Å²) >= 11 is 0. The smallest absolute Gasteiger partial charge is 0.0136 e. The van der Waals surface area contributed by atoms with Crippen molar-refractivity contribution in [2.24, 2.45) is 5.92 Å². The van der Waals surface area contributed by atoms with Crippen molar-refractivity contribution in [3.8, 4) is 0 Å². The summed E-state index contributed by atoms with van der Waals surface area (Å²) in [6, 6.07) is 0.901. The van der Waals surface area contributed by atoms with Crippen LogP contribution in [0.3, 0.4) is 0 Å². The summed E-state index contributed by atoms with van der Waals surface area (Å²) in [5.74, 6) is 0.941. The SMILES string of the molecule is CCN1CCCC1C1CCCNC1. The first-order valence-corrected chi connectivity index (χ1v) is 5.86. The van der Waals surface area contributed by atoms with Gasteiger partial charge in [0.05, 0.1) is 0 Å². The third-order valence-electron chi connectivity index (χ3n) is 3.70. The monoisotopic (exact) mass is 182 g/mol. The molecule has 0 aromatic rings. The first-order valence-electron chi connectivity index (χ1n) is 5.86. The number of hydrogen-bond acceptors (Lipinski definition) is 2. The van der Waals surface area contributed by atoms with Gasteiger partial charge < -0.3 is 10.2 Å².